The molecule has 1 aromatic rings. The second kappa shape index (κ2) is 16.4. The fourth-order valence-corrected chi connectivity index (χ4v) is 4.54. The average Bonchev–Trinajstić information content (AvgIpc) is 3.44. The van der Waals surface area contributed by atoms with Crippen molar-refractivity contribution in [3.05, 3.63) is 29.8 Å². The van der Waals surface area contributed by atoms with E-state index in [1.54, 1.807) is 12.1 Å². The summed E-state index contributed by atoms with van der Waals surface area (Å²) in [7, 11) is 0. The molecule has 14 heteroatoms. The summed E-state index contributed by atoms with van der Waals surface area (Å²) in [5, 5.41) is 30.3. The average molecular weight is 566 g/mol. The third-order valence-corrected chi connectivity index (χ3v) is 6.83. The molecule has 0 aromatic heterocycles. The van der Waals surface area contributed by atoms with Crippen LogP contribution in [0.25, 0.3) is 0 Å². The van der Waals surface area contributed by atoms with Crippen molar-refractivity contribution in [3.63, 3.8) is 0 Å². The largest absolute Gasteiger partial charge is 0.508 e. The highest BCUT2D eigenvalue weighted by Gasteiger charge is 2.31. The zero-order valence-electron chi connectivity index (χ0n) is 22.0. The minimum absolute atomic E-state index is 0.0685. The number of carbonyl (C=O) groups is 4. The Morgan fingerprint density at radius 2 is 1.72 bits per heavy atom. The molecule has 0 aliphatic carbocycles. The van der Waals surface area contributed by atoms with E-state index in [2.05, 4.69) is 26.3 Å². The number of carbonyl (C=O) groups excluding carboxylic acids is 3. The number of amides is 3. The van der Waals surface area contributed by atoms with Crippen LogP contribution >= 0.6 is 11.8 Å². The van der Waals surface area contributed by atoms with Gasteiger partial charge in [-0.1, -0.05) is 12.1 Å². The molecular weight excluding hydrogens is 526 g/mol. The van der Waals surface area contributed by atoms with Crippen LogP contribution in [-0.2, 0) is 25.6 Å². The van der Waals surface area contributed by atoms with E-state index in [1.807, 2.05) is 6.26 Å². The third-order valence-electron chi connectivity index (χ3n) is 6.19. The van der Waals surface area contributed by atoms with E-state index in [0.29, 0.717) is 30.7 Å². The maximum absolute atomic E-state index is 13.4. The first-order valence-corrected chi connectivity index (χ1v) is 14.2. The molecule has 4 atom stereocenters. The van der Waals surface area contributed by atoms with Crippen molar-refractivity contribution in [3.8, 4) is 5.75 Å². The molecule has 3 amide bonds. The van der Waals surface area contributed by atoms with Crippen LogP contribution in [0.2, 0.25) is 0 Å². The minimum Gasteiger partial charge on any atom is -0.508 e. The van der Waals surface area contributed by atoms with Crippen LogP contribution < -0.4 is 32.7 Å². The maximum Gasteiger partial charge on any atom is 0.326 e. The summed E-state index contributed by atoms with van der Waals surface area (Å²) in [6.45, 7) is 0.920. The molecule has 1 heterocycles. The number of nitrogens with two attached hydrogens (primary N) is 2. The van der Waals surface area contributed by atoms with Gasteiger partial charge >= 0.3 is 5.97 Å². The molecule has 1 fully saturated rings. The molecule has 0 saturated carbocycles. The lowest BCUT2D eigenvalue weighted by Gasteiger charge is -2.25. The van der Waals surface area contributed by atoms with E-state index in [9.17, 15) is 29.4 Å². The predicted molar refractivity (Wildman–Crippen MR) is 149 cm³/mol. The Morgan fingerprint density at radius 1 is 1.05 bits per heavy atom. The van der Waals surface area contributed by atoms with Gasteiger partial charge in [0.1, 0.15) is 23.9 Å². The number of rotatable bonds is 16. The first-order chi connectivity index (χ1) is 18.6. The first-order valence-electron chi connectivity index (χ1n) is 12.8. The van der Waals surface area contributed by atoms with Crippen molar-refractivity contribution in [1.29, 1.82) is 0 Å². The number of guanidine groups is 1. The molecule has 0 spiro atoms. The number of aromatic hydroxyl groups is 1. The molecule has 2 rings (SSSR count). The highest BCUT2D eigenvalue weighted by atomic mass is 32.2. The highest BCUT2D eigenvalue weighted by molar-refractivity contribution is 7.98. The van der Waals surface area contributed by atoms with Crippen molar-refractivity contribution in [2.45, 2.75) is 62.7 Å². The molecule has 4 unspecified atom stereocenters. The fraction of sp³-hybridized carbons (Fsp3) is 0.560. The normalized spacial score (nSPS) is 16.9. The Morgan fingerprint density at radius 3 is 2.31 bits per heavy atom. The van der Waals surface area contributed by atoms with Gasteiger partial charge < -0.3 is 42.9 Å². The van der Waals surface area contributed by atoms with E-state index in [1.165, 1.54) is 23.9 Å². The van der Waals surface area contributed by atoms with Crippen molar-refractivity contribution >= 4 is 41.4 Å². The number of carboxylic acids is 1. The number of phenolic OH excluding ortho intramolecular Hbond substituents is 1. The number of hydrogen-bond donors (Lipinski definition) is 8. The van der Waals surface area contributed by atoms with E-state index >= 15 is 0 Å². The van der Waals surface area contributed by atoms with Crippen LogP contribution in [0.1, 0.15) is 37.7 Å². The zero-order valence-corrected chi connectivity index (χ0v) is 22.8. The Kier molecular flexibility index (Phi) is 13.4. The van der Waals surface area contributed by atoms with Crippen LogP contribution in [0.5, 0.6) is 5.75 Å². The van der Waals surface area contributed by atoms with E-state index in [-0.39, 0.29) is 43.4 Å². The number of nitrogens with one attached hydrogen (secondary N) is 4. The molecule has 0 bridgehead atoms. The molecular formula is C25H39N7O6S. The van der Waals surface area contributed by atoms with Crippen molar-refractivity contribution in [2.75, 3.05) is 25.1 Å². The van der Waals surface area contributed by atoms with Crippen molar-refractivity contribution in [2.24, 2.45) is 16.5 Å². The van der Waals surface area contributed by atoms with Gasteiger partial charge in [0.05, 0.1) is 6.04 Å². The molecule has 1 aliphatic rings. The highest BCUT2D eigenvalue weighted by Crippen LogP contribution is 2.13. The molecule has 10 N–H and O–H groups in total. The topological polar surface area (TPSA) is 221 Å². The van der Waals surface area contributed by atoms with Gasteiger partial charge in [-0.2, -0.15) is 11.8 Å². The molecule has 1 aromatic carbocycles. The van der Waals surface area contributed by atoms with Crippen LogP contribution in [-0.4, -0.2) is 89.1 Å². The van der Waals surface area contributed by atoms with Gasteiger partial charge in [-0.15, -0.1) is 0 Å². The van der Waals surface area contributed by atoms with Gasteiger partial charge in [0.15, 0.2) is 5.96 Å². The van der Waals surface area contributed by atoms with Crippen LogP contribution in [0.3, 0.4) is 0 Å². The van der Waals surface area contributed by atoms with Gasteiger partial charge in [-0.05, 0) is 68.4 Å². The summed E-state index contributed by atoms with van der Waals surface area (Å²) < 4.78 is 0. The van der Waals surface area contributed by atoms with Gasteiger partial charge in [0.25, 0.3) is 0 Å². The lowest BCUT2D eigenvalue weighted by molar-refractivity contribution is -0.142. The van der Waals surface area contributed by atoms with E-state index < -0.39 is 42.0 Å². The van der Waals surface area contributed by atoms with Gasteiger partial charge in [0, 0.05) is 13.0 Å². The van der Waals surface area contributed by atoms with Crippen LogP contribution in [0, 0.1) is 0 Å². The van der Waals surface area contributed by atoms with E-state index in [0.717, 1.165) is 6.42 Å². The Balaban J connectivity index is 2.14. The molecule has 39 heavy (non-hydrogen) atoms. The number of phenols is 1. The molecule has 0 radical (unpaired) electrons. The van der Waals surface area contributed by atoms with E-state index in [4.69, 9.17) is 11.5 Å². The zero-order chi connectivity index (χ0) is 28.8. The molecule has 1 aliphatic heterocycles. The SMILES string of the molecule is CSCCC(NC(=O)C(Cc1ccc(O)cc1)NC(=O)C1CCCN1)C(=O)NC(CCCN=C(N)N)C(=O)O. The molecule has 1 saturated heterocycles. The summed E-state index contributed by atoms with van der Waals surface area (Å²) in [6.07, 6.45) is 4.15. The number of aliphatic carboxylic acids is 1. The number of carboxylic acid groups (broad SMARTS) is 1. The molecule has 216 valence electrons. The van der Waals surface area contributed by atoms with Crippen molar-refractivity contribution in [1.82, 2.24) is 21.3 Å². The number of thioether (sulfide) groups is 1. The number of benzene rings is 1. The summed E-state index contributed by atoms with van der Waals surface area (Å²) in [5.74, 6) is -2.26. The predicted octanol–water partition coefficient (Wildman–Crippen LogP) is -0.968. The minimum atomic E-state index is -1.22. The van der Waals surface area contributed by atoms with Crippen molar-refractivity contribution < 1.29 is 29.4 Å². The number of hydrogen-bond acceptors (Lipinski definition) is 8. The summed E-state index contributed by atoms with van der Waals surface area (Å²) in [4.78, 5) is 54.9. The lowest BCUT2D eigenvalue weighted by atomic mass is 10.0. The fourth-order valence-electron chi connectivity index (χ4n) is 4.07. The standard InChI is InChI=1S/C25H39N7O6S/c1-39-13-10-18(22(35)31-19(24(37)38)5-3-12-29-25(26)27)30-23(36)20(14-15-6-8-16(33)9-7-15)32-21(34)17-4-2-11-28-17/h6-9,17-20,28,33H,2-5,10-14H2,1H3,(H,30,36)(H,31,35)(H,32,34)(H,37,38)(H4,26,27,29). The summed E-state index contributed by atoms with van der Waals surface area (Å²) >= 11 is 1.47. The number of aliphatic imine (C=N–C) groups is 1. The maximum atomic E-state index is 13.4. The van der Waals surface area contributed by atoms with Gasteiger partial charge in [-0.3, -0.25) is 19.4 Å². The number of nitrogens with zero attached hydrogens (tertiary/aromatic N) is 1. The van der Waals surface area contributed by atoms with Gasteiger partial charge in [0.2, 0.25) is 17.7 Å². The smallest absolute Gasteiger partial charge is 0.326 e. The second-order valence-electron chi connectivity index (χ2n) is 9.27. The Bertz CT molecular complexity index is 997. The lowest BCUT2D eigenvalue weighted by Crippen LogP contribution is -2.57. The second-order valence-corrected chi connectivity index (χ2v) is 10.3. The molecule has 13 nitrogen and oxygen atoms in total. The van der Waals surface area contributed by atoms with Crippen LogP contribution in [0.4, 0.5) is 0 Å². The Hall–Kier alpha value is -3.52. The first kappa shape index (κ1) is 31.7. The monoisotopic (exact) mass is 565 g/mol. The Labute approximate surface area is 231 Å². The van der Waals surface area contributed by atoms with Gasteiger partial charge in [-0.25, -0.2) is 4.79 Å². The quantitative estimate of drug-likeness (QED) is 0.0696. The summed E-state index contributed by atoms with van der Waals surface area (Å²) in [5.41, 5.74) is 11.3. The summed E-state index contributed by atoms with van der Waals surface area (Å²) in [6, 6.07) is 2.64. The van der Waals surface area contributed by atoms with Crippen LogP contribution in [0.15, 0.2) is 29.3 Å². The third kappa shape index (κ3) is 11.4.